The second kappa shape index (κ2) is 5.14. The Labute approximate surface area is 115 Å². The van der Waals surface area contributed by atoms with Gasteiger partial charge in [0.1, 0.15) is 0 Å². The molecule has 1 aromatic heterocycles. The summed E-state index contributed by atoms with van der Waals surface area (Å²) in [5.74, 6) is 0.453. The maximum atomic E-state index is 12.1. The standard InChI is InChI=1S/C14H17BrN2O/c1-9(2)7-16-14(18)12-8-17(3)13-6-10(15)4-5-11(12)13/h4-6,8-9H,7H2,1-3H3,(H,16,18). The van der Waals surface area contributed by atoms with Crippen molar-refractivity contribution in [2.45, 2.75) is 13.8 Å². The Morgan fingerprint density at radius 1 is 1.44 bits per heavy atom. The number of rotatable bonds is 3. The molecule has 1 amide bonds. The molecule has 96 valence electrons. The average molecular weight is 309 g/mol. The number of benzene rings is 1. The molecule has 1 heterocycles. The fourth-order valence-corrected chi connectivity index (χ4v) is 2.28. The summed E-state index contributed by atoms with van der Waals surface area (Å²) in [6.45, 7) is 4.87. The maximum absolute atomic E-state index is 12.1. The third-order valence-electron chi connectivity index (χ3n) is 2.87. The van der Waals surface area contributed by atoms with E-state index in [1.165, 1.54) is 0 Å². The molecule has 0 atom stereocenters. The van der Waals surface area contributed by atoms with Crippen molar-refractivity contribution >= 4 is 32.7 Å². The summed E-state index contributed by atoms with van der Waals surface area (Å²) in [6.07, 6.45) is 1.88. The molecule has 1 aromatic carbocycles. The van der Waals surface area contributed by atoms with Crippen molar-refractivity contribution < 1.29 is 4.79 Å². The first-order valence-electron chi connectivity index (χ1n) is 6.02. The Morgan fingerprint density at radius 2 is 2.17 bits per heavy atom. The molecule has 3 nitrogen and oxygen atoms in total. The fourth-order valence-electron chi connectivity index (χ4n) is 1.93. The third kappa shape index (κ3) is 2.58. The summed E-state index contributed by atoms with van der Waals surface area (Å²) >= 11 is 3.45. The van der Waals surface area contributed by atoms with Crippen molar-refractivity contribution in [1.82, 2.24) is 9.88 Å². The zero-order valence-corrected chi connectivity index (χ0v) is 12.4. The van der Waals surface area contributed by atoms with Crippen LogP contribution in [0, 0.1) is 5.92 Å². The predicted octanol–water partition coefficient (Wildman–Crippen LogP) is 3.33. The van der Waals surface area contributed by atoms with Gasteiger partial charge in [0.05, 0.1) is 5.56 Å². The number of hydrogen-bond acceptors (Lipinski definition) is 1. The van der Waals surface area contributed by atoms with E-state index in [1.807, 2.05) is 36.0 Å². The predicted molar refractivity (Wildman–Crippen MR) is 77.8 cm³/mol. The molecule has 0 fully saturated rings. The molecule has 0 aliphatic rings. The monoisotopic (exact) mass is 308 g/mol. The van der Waals surface area contributed by atoms with E-state index in [1.54, 1.807) is 0 Å². The summed E-state index contributed by atoms with van der Waals surface area (Å²) < 4.78 is 3.00. The Kier molecular flexibility index (Phi) is 3.76. The molecule has 0 unspecified atom stereocenters. The lowest BCUT2D eigenvalue weighted by molar-refractivity contribution is 0.0950. The van der Waals surface area contributed by atoms with Gasteiger partial charge in [-0.3, -0.25) is 4.79 Å². The number of aromatic nitrogens is 1. The van der Waals surface area contributed by atoms with Crippen molar-refractivity contribution in [3.63, 3.8) is 0 Å². The van der Waals surface area contributed by atoms with Crippen molar-refractivity contribution in [3.8, 4) is 0 Å². The lowest BCUT2D eigenvalue weighted by Crippen LogP contribution is -2.27. The van der Waals surface area contributed by atoms with Gasteiger partial charge in [-0.05, 0) is 18.1 Å². The van der Waals surface area contributed by atoms with E-state index in [0.717, 1.165) is 20.9 Å². The van der Waals surface area contributed by atoms with E-state index in [2.05, 4.69) is 35.1 Å². The molecular formula is C14H17BrN2O. The van der Waals surface area contributed by atoms with Crippen LogP contribution in [0.4, 0.5) is 0 Å². The van der Waals surface area contributed by atoms with E-state index >= 15 is 0 Å². The fraction of sp³-hybridized carbons (Fsp3) is 0.357. The van der Waals surface area contributed by atoms with Crippen LogP contribution in [0.5, 0.6) is 0 Å². The average Bonchev–Trinajstić information content (AvgIpc) is 2.63. The molecule has 0 aliphatic heterocycles. The number of aryl methyl sites for hydroxylation is 1. The number of halogens is 1. The second-order valence-electron chi connectivity index (χ2n) is 4.92. The molecule has 0 spiro atoms. The van der Waals surface area contributed by atoms with Crippen LogP contribution in [0.1, 0.15) is 24.2 Å². The first-order chi connectivity index (χ1) is 8.49. The number of nitrogens with one attached hydrogen (secondary N) is 1. The number of hydrogen-bond donors (Lipinski definition) is 1. The van der Waals surface area contributed by atoms with Gasteiger partial charge in [-0.2, -0.15) is 0 Å². The molecule has 0 bridgehead atoms. The van der Waals surface area contributed by atoms with Gasteiger partial charge < -0.3 is 9.88 Å². The second-order valence-corrected chi connectivity index (χ2v) is 5.83. The van der Waals surface area contributed by atoms with E-state index in [-0.39, 0.29) is 5.91 Å². The molecular weight excluding hydrogens is 292 g/mol. The highest BCUT2D eigenvalue weighted by atomic mass is 79.9. The lowest BCUT2D eigenvalue weighted by Gasteiger charge is -2.06. The molecule has 0 radical (unpaired) electrons. The molecule has 0 saturated carbocycles. The van der Waals surface area contributed by atoms with E-state index in [4.69, 9.17) is 0 Å². The first-order valence-corrected chi connectivity index (χ1v) is 6.81. The number of carbonyl (C=O) groups is 1. The quantitative estimate of drug-likeness (QED) is 0.927. The molecule has 0 saturated heterocycles. The maximum Gasteiger partial charge on any atom is 0.253 e. The summed E-state index contributed by atoms with van der Waals surface area (Å²) in [6, 6.07) is 5.96. The van der Waals surface area contributed by atoms with E-state index in [9.17, 15) is 4.79 Å². The third-order valence-corrected chi connectivity index (χ3v) is 3.36. The van der Waals surface area contributed by atoms with E-state index in [0.29, 0.717) is 12.5 Å². The molecule has 2 rings (SSSR count). The van der Waals surface area contributed by atoms with Gasteiger partial charge in [0.25, 0.3) is 5.91 Å². The minimum atomic E-state index is -0.00313. The molecule has 4 heteroatoms. The van der Waals surface area contributed by atoms with Crippen LogP contribution in [-0.4, -0.2) is 17.0 Å². The zero-order valence-electron chi connectivity index (χ0n) is 10.8. The zero-order chi connectivity index (χ0) is 13.3. The normalized spacial score (nSPS) is 11.2. The summed E-state index contributed by atoms with van der Waals surface area (Å²) in [5, 5.41) is 3.94. The molecule has 0 aliphatic carbocycles. The highest BCUT2D eigenvalue weighted by molar-refractivity contribution is 9.10. The van der Waals surface area contributed by atoms with Crippen molar-refractivity contribution in [3.05, 3.63) is 34.4 Å². The molecule has 18 heavy (non-hydrogen) atoms. The lowest BCUT2D eigenvalue weighted by atomic mass is 10.1. The SMILES string of the molecule is CC(C)CNC(=O)c1cn(C)c2cc(Br)ccc12. The number of fused-ring (bicyclic) bond motifs is 1. The first kappa shape index (κ1) is 13.1. The van der Waals surface area contributed by atoms with Crippen LogP contribution in [0.2, 0.25) is 0 Å². The number of nitrogens with zero attached hydrogens (tertiary/aromatic N) is 1. The topological polar surface area (TPSA) is 34.0 Å². The Balaban J connectivity index is 2.37. The smallest absolute Gasteiger partial charge is 0.253 e. The Bertz CT molecular complexity index is 587. The minimum absolute atomic E-state index is 0.00313. The number of carbonyl (C=O) groups excluding carboxylic acids is 1. The number of amides is 1. The van der Waals surface area contributed by atoms with Gasteiger partial charge in [0.15, 0.2) is 0 Å². The van der Waals surface area contributed by atoms with E-state index < -0.39 is 0 Å². The highest BCUT2D eigenvalue weighted by Gasteiger charge is 2.13. The molecule has 1 N–H and O–H groups in total. The van der Waals surface area contributed by atoms with Gasteiger partial charge in [0.2, 0.25) is 0 Å². The van der Waals surface area contributed by atoms with Crippen LogP contribution in [0.15, 0.2) is 28.9 Å². The van der Waals surface area contributed by atoms with Crippen LogP contribution >= 0.6 is 15.9 Å². The Hall–Kier alpha value is -1.29. The van der Waals surface area contributed by atoms with Gasteiger partial charge in [-0.1, -0.05) is 35.8 Å². The van der Waals surface area contributed by atoms with Crippen LogP contribution in [-0.2, 0) is 7.05 Å². The van der Waals surface area contributed by atoms with Gasteiger partial charge in [-0.15, -0.1) is 0 Å². The highest BCUT2D eigenvalue weighted by Crippen LogP contribution is 2.24. The van der Waals surface area contributed by atoms with Gasteiger partial charge >= 0.3 is 0 Å². The van der Waals surface area contributed by atoms with Gasteiger partial charge in [-0.25, -0.2) is 0 Å². The van der Waals surface area contributed by atoms with Crippen molar-refractivity contribution in [2.24, 2.45) is 13.0 Å². The van der Waals surface area contributed by atoms with Crippen LogP contribution in [0.3, 0.4) is 0 Å². The minimum Gasteiger partial charge on any atom is -0.352 e. The largest absolute Gasteiger partial charge is 0.352 e. The van der Waals surface area contributed by atoms with Crippen molar-refractivity contribution in [2.75, 3.05) is 6.54 Å². The van der Waals surface area contributed by atoms with Crippen molar-refractivity contribution in [1.29, 1.82) is 0 Å². The van der Waals surface area contributed by atoms with Crippen LogP contribution in [0.25, 0.3) is 10.9 Å². The molecule has 2 aromatic rings. The summed E-state index contributed by atoms with van der Waals surface area (Å²) in [7, 11) is 1.95. The Morgan fingerprint density at radius 3 is 2.83 bits per heavy atom. The summed E-state index contributed by atoms with van der Waals surface area (Å²) in [4.78, 5) is 12.1. The van der Waals surface area contributed by atoms with Crippen LogP contribution < -0.4 is 5.32 Å². The summed E-state index contributed by atoms with van der Waals surface area (Å²) in [5.41, 5.74) is 1.79. The van der Waals surface area contributed by atoms with Gasteiger partial charge in [0, 0.05) is 35.2 Å².